The number of hydrogen-bond donors (Lipinski definition) is 1. The monoisotopic (exact) mass is 379 g/mol. The van der Waals surface area contributed by atoms with Crippen LogP contribution in [0.1, 0.15) is 59.1 Å². The summed E-state index contributed by atoms with van der Waals surface area (Å²) in [5.74, 6) is 0.0352. The van der Waals surface area contributed by atoms with Crippen molar-refractivity contribution in [2.24, 2.45) is 0 Å². The van der Waals surface area contributed by atoms with E-state index in [1.54, 1.807) is 4.90 Å². The van der Waals surface area contributed by atoms with Crippen LogP contribution >= 0.6 is 0 Å². The Morgan fingerprint density at radius 1 is 1.25 bits per heavy atom. The molecule has 0 saturated carbocycles. The van der Waals surface area contributed by atoms with Gasteiger partial charge in [-0.1, -0.05) is 48.8 Å². The van der Waals surface area contributed by atoms with Crippen LogP contribution in [0.4, 0.5) is 0 Å². The summed E-state index contributed by atoms with van der Waals surface area (Å²) in [4.78, 5) is 19.6. The number of carbonyl (C=O) groups excluding carboxylic acids is 1. The summed E-state index contributed by atoms with van der Waals surface area (Å²) in [5, 5.41) is 15.8. The Labute approximate surface area is 164 Å². The molecular formula is C22H25N3O3. The molecule has 1 fully saturated rings. The number of aromatic nitrogens is 2. The number of nitrogens with zero attached hydrogens (tertiary/aromatic N) is 3. The number of β-amino-alcohol motifs (C(OH)–C–C–N with tert-alkyl or cyclic N) is 1. The van der Waals surface area contributed by atoms with E-state index in [0.717, 1.165) is 16.8 Å². The van der Waals surface area contributed by atoms with Crippen LogP contribution < -0.4 is 0 Å². The molecule has 6 nitrogen and oxygen atoms in total. The molecule has 3 aromatic rings. The standard InChI is InChI=1S/C22H25N3O3/c1-13(2)18-11-17(19-15(4)24-28-20(19)23-18)21(26)25-10-9-22(27,12-25)16-7-5-14(3)6-8-16/h5-8,11,13,27H,9-10,12H2,1-4H3/t22-/m1/s1. The molecule has 0 unspecified atom stereocenters. The molecule has 4 rings (SSSR count). The van der Waals surface area contributed by atoms with Crippen LogP contribution in [0.15, 0.2) is 34.9 Å². The normalized spacial score (nSPS) is 19.7. The fraction of sp³-hybridized carbons (Fsp3) is 0.409. The van der Waals surface area contributed by atoms with Crippen LogP contribution in [0.5, 0.6) is 0 Å². The van der Waals surface area contributed by atoms with Gasteiger partial charge in [0.25, 0.3) is 11.6 Å². The molecule has 28 heavy (non-hydrogen) atoms. The van der Waals surface area contributed by atoms with Crippen molar-refractivity contribution in [3.8, 4) is 0 Å². The van der Waals surface area contributed by atoms with E-state index in [2.05, 4.69) is 10.1 Å². The van der Waals surface area contributed by atoms with Crippen LogP contribution in [-0.2, 0) is 5.60 Å². The minimum atomic E-state index is -1.03. The van der Waals surface area contributed by atoms with Crippen molar-refractivity contribution < 1.29 is 14.4 Å². The second kappa shape index (κ2) is 6.71. The fourth-order valence-electron chi connectivity index (χ4n) is 3.82. The zero-order chi connectivity index (χ0) is 20.1. The van der Waals surface area contributed by atoms with E-state index in [1.807, 2.05) is 58.0 Å². The zero-order valence-electron chi connectivity index (χ0n) is 16.7. The Morgan fingerprint density at radius 2 is 1.96 bits per heavy atom. The van der Waals surface area contributed by atoms with Crippen LogP contribution in [0, 0.1) is 13.8 Å². The van der Waals surface area contributed by atoms with E-state index in [-0.39, 0.29) is 18.4 Å². The van der Waals surface area contributed by atoms with Gasteiger partial charge in [0.1, 0.15) is 5.60 Å². The van der Waals surface area contributed by atoms with Crippen molar-refractivity contribution in [1.82, 2.24) is 15.0 Å². The summed E-state index contributed by atoms with van der Waals surface area (Å²) in [6.45, 7) is 8.64. The molecule has 0 radical (unpaired) electrons. The number of aryl methyl sites for hydroxylation is 2. The van der Waals surface area contributed by atoms with Gasteiger partial charge in [0, 0.05) is 12.2 Å². The smallest absolute Gasteiger partial charge is 0.259 e. The Bertz CT molecular complexity index is 1040. The summed E-state index contributed by atoms with van der Waals surface area (Å²) in [6, 6.07) is 9.69. The van der Waals surface area contributed by atoms with E-state index in [4.69, 9.17) is 4.52 Å². The van der Waals surface area contributed by atoms with Crippen molar-refractivity contribution in [2.45, 2.75) is 45.6 Å². The van der Waals surface area contributed by atoms with Crippen molar-refractivity contribution in [1.29, 1.82) is 0 Å². The highest BCUT2D eigenvalue weighted by atomic mass is 16.5. The first kappa shape index (κ1) is 18.6. The van der Waals surface area contributed by atoms with Crippen molar-refractivity contribution in [2.75, 3.05) is 13.1 Å². The van der Waals surface area contributed by atoms with Gasteiger partial charge >= 0.3 is 0 Å². The van der Waals surface area contributed by atoms with Crippen molar-refractivity contribution in [3.05, 3.63) is 58.4 Å². The van der Waals surface area contributed by atoms with Gasteiger partial charge < -0.3 is 14.5 Å². The lowest BCUT2D eigenvalue weighted by Crippen LogP contribution is -2.34. The average molecular weight is 379 g/mol. The Hall–Kier alpha value is -2.73. The molecule has 6 heteroatoms. The molecule has 1 aliphatic heterocycles. The van der Waals surface area contributed by atoms with E-state index in [1.165, 1.54) is 0 Å². The van der Waals surface area contributed by atoms with Crippen molar-refractivity contribution >= 4 is 17.0 Å². The Balaban J connectivity index is 1.69. The third kappa shape index (κ3) is 3.07. The van der Waals surface area contributed by atoms with Gasteiger partial charge in [0.05, 0.1) is 23.2 Å². The highest BCUT2D eigenvalue weighted by Crippen LogP contribution is 2.34. The molecule has 1 aromatic carbocycles. The second-order valence-corrected chi connectivity index (χ2v) is 8.07. The SMILES string of the molecule is Cc1ccc([C@@]2(O)CCN(C(=O)c3cc(C(C)C)nc4onc(C)c34)C2)cc1. The topological polar surface area (TPSA) is 79.5 Å². The van der Waals surface area contributed by atoms with Gasteiger partial charge in [-0.05, 0) is 37.8 Å². The third-order valence-corrected chi connectivity index (χ3v) is 5.58. The number of pyridine rings is 1. The largest absolute Gasteiger partial charge is 0.383 e. The predicted molar refractivity (Wildman–Crippen MR) is 106 cm³/mol. The number of benzene rings is 1. The second-order valence-electron chi connectivity index (χ2n) is 8.07. The number of likely N-dealkylation sites (tertiary alicyclic amines) is 1. The van der Waals surface area contributed by atoms with Gasteiger partial charge in [-0.25, -0.2) is 4.98 Å². The highest BCUT2D eigenvalue weighted by Gasteiger charge is 2.40. The molecule has 1 amide bonds. The first-order valence-electron chi connectivity index (χ1n) is 9.64. The first-order valence-corrected chi connectivity index (χ1v) is 9.64. The van der Waals surface area contributed by atoms with Gasteiger partial charge in [-0.2, -0.15) is 0 Å². The number of rotatable bonds is 3. The lowest BCUT2D eigenvalue weighted by atomic mass is 9.92. The van der Waals surface area contributed by atoms with E-state index in [9.17, 15) is 9.90 Å². The number of carbonyl (C=O) groups is 1. The van der Waals surface area contributed by atoms with Gasteiger partial charge in [0.15, 0.2) is 0 Å². The van der Waals surface area contributed by atoms with Crippen LogP contribution in [0.2, 0.25) is 0 Å². The molecule has 1 atom stereocenters. The van der Waals surface area contributed by atoms with E-state index >= 15 is 0 Å². The lowest BCUT2D eigenvalue weighted by molar-refractivity contribution is 0.0418. The predicted octanol–water partition coefficient (Wildman–Crippen LogP) is 3.70. The van der Waals surface area contributed by atoms with Crippen LogP contribution in [0.25, 0.3) is 11.1 Å². The summed E-state index contributed by atoms with van der Waals surface area (Å²) in [7, 11) is 0. The van der Waals surface area contributed by atoms with Crippen LogP contribution in [-0.4, -0.2) is 39.1 Å². The minimum absolute atomic E-state index is 0.122. The summed E-state index contributed by atoms with van der Waals surface area (Å²) < 4.78 is 5.33. The molecule has 2 aromatic heterocycles. The molecule has 1 saturated heterocycles. The lowest BCUT2D eigenvalue weighted by Gasteiger charge is -2.24. The maximum absolute atomic E-state index is 13.4. The Kier molecular flexibility index (Phi) is 4.46. The fourth-order valence-corrected chi connectivity index (χ4v) is 3.82. The van der Waals surface area contributed by atoms with Crippen molar-refractivity contribution in [3.63, 3.8) is 0 Å². The molecule has 1 N–H and O–H groups in total. The van der Waals surface area contributed by atoms with Gasteiger partial charge in [0.2, 0.25) is 0 Å². The Morgan fingerprint density at radius 3 is 2.64 bits per heavy atom. The van der Waals surface area contributed by atoms with Gasteiger partial charge in [-0.3, -0.25) is 4.79 Å². The molecule has 1 aliphatic rings. The number of fused-ring (bicyclic) bond motifs is 1. The summed E-state index contributed by atoms with van der Waals surface area (Å²) in [5.41, 5.74) is 3.33. The van der Waals surface area contributed by atoms with Crippen LogP contribution in [0.3, 0.4) is 0 Å². The maximum Gasteiger partial charge on any atom is 0.259 e. The quantitative estimate of drug-likeness (QED) is 0.751. The highest BCUT2D eigenvalue weighted by molar-refractivity contribution is 6.06. The molecule has 146 valence electrons. The first-order chi connectivity index (χ1) is 13.3. The summed E-state index contributed by atoms with van der Waals surface area (Å²) in [6.07, 6.45) is 0.510. The van der Waals surface area contributed by atoms with E-state index in [0.29, 0.717) is 35.3 Å². The molecule has 0 bridgehead atoms. The third-order valence-electron chi connectivity index (χ3n) is 5.58. The zero-order valence-corrected chi connectivity index (χ0v) is 16.7. The number of amides is 1. The minimum Gasteiger partial charge on any atom is -0.383 e. The number of aliphatic hydroxyl groups is 1. The molecule has 3 heterocycles. The maximum atomic E-state index is 13.4. The number of hydrogen-bond acceptors (Lipinski definition) is 5. The van der Waals surface area contributed by atoms with Gasteiger partial charge in [-0.15, -0.1) is 0 Å². The average Bonchev–Trinajstić information content (AvgIpc) is 3.25. The van der Waals surface area contributed by atoms with E-state index < -0.39 is 5.60 Å². The molecular weight excluding hydrogens is 354 g/mol. The summed E-state index contributed by atoms with van der Waals surface area (Å²) >= 11 is 0. The molecule has 0 spiro atoms. The molecule has 0 aliphatic carbocycles.